The van der Waals surface area contributed by atoms with Crippen LogP contribution in [-0.4, -0.2) is 74.1 Å². The molecule has 11 heteroatoms. The molecule has 3 heterocycles. The fourth-order valence-corrected chi connectivity index (χ4v) is 4.24. The molecule has 7 nitrogen and oxygen atoms in total. The Hall–Kier alpha value is -1.69. The number of nitrogens with zero attached hydrogens (tertiary/aromatic N) is 1. The average molecular weight is 438 g/mol. The summed E-state index contributed by atoms with van der Waals surface area (Å²) in [5.41, 5.74) is 0. The Morgan fingerprint density at radius 3 is 2.72 bits per heavy atom. The third-order valence-corrected chi connectivity index (χ3v) is 5.68. The molecule has 164 valence electrons. The Kier molecular flexibility index (Phi) is 8.87. The molecule has 3 rings (SSSR count). The van der Waals surface area contributed by atoms with Crippen LogP contribution in [0.5, 0.6) is 0 Å². The fourth-order valence-electron chi connectivity index (χ4n) is 3.49. The number of alkyl halides is 3. The van der Waals surface area contributed by atoms with E-state index in [1.807, 2.05) is 0 Å². The van der Waals surface area contributed by atoms with Crippen molar-refractivity contribution < 1.29 is 37.3 Å². The Morgan fingerprint density at radius 2 is 2.14 bits per heavy atom. The van der Waals surface area contributed by atoms with E-state index in [4.69, 9.17) is 19.4 Å². The number of amides is 1. The number of halogens is 3. The molecule has 2 saturated heterocycles. The van der Waals surface area contributed by atoms with Crippen LogP contribution < -0.4 is 5.32 Å². The first-order chi connectivity index (χ1) is 13.7. The molecule has 2 aliphatic heterocycles. The van der Waals surface area contributed by atoms with Crippen molar-refractivity contribution in [2.24, 2.45) is 11.8 Å². The first-order valence-electron chi connectivity index (χ1n) is 9.15. The molecule has 0 bridgehead atoms. The third-order valence-electron chi connectivity index (χ3n) is 4.81. The number of nitrogens with one attached hydrogen (secondary N) is 1. The van der Waals surface area contributed by atoms with Gasteiger partial charge in [-0.2, -0.15) is 13.2 Å². The number of carbonyl (C=O) groups is 2. The van der Waals surface area contributed by atoms with Gasteiger partial charge >= 0.3 is 12.1 Å². The number of ether oxygens (including phenoxy) is 2. The summed E-state index contributed by atoms with van der Waals surface area (Å²) in [6, 6.07) is 4.23. The predicted molar refractivity (Wildman–Crippen MR) is 99.5 cm³/mol. The normalized spacial score (nSPS) is 24.3. The van der Waals surface area contributed by atoms with E-state index >= 15 is 0 Å². The van der Waals surface area contributed by atoms with E-state index in [9.17, 15) is 18.0 Å². The van der Waals surface area contributed by atoms with Crippen molar-refractivity contribution >= 4 is 23.2 Å². The molecule has 0 spiro atoms. The molecular weight excluding hydrogens is 413 g/mol. The molecule has 1 amide bonds. The Balaban J connectivity index is 0.000000370. The summed E-state index contributed by atoms with van der Waals surface area (Å²) in [6.07, 6.45) is -3.88. The van der Waals surface area contributed by atoms with Gasteiger partial charge in [0.2, 0.25) is 5.91 Å². The summed E-state index contributed by atoms with van der Waals surface area (Å²) >= 11 is 1.77. The minimum Gasteiger partial charge on any atom is -0.475 e. The van der Waals surface area contributed by atoms with E-state index in [2.05, 4.69) is 27.7 Å². The van der Waals surface area contributed by atoms with E-state index in [-0.39, 0.29) is 17.9 Å². The van der Waals surface area contributed by atoms with Gasteiger partial charge < -0.3 is 19.9 Å². The summed E-state index contributed by atoms with van der Waals surface area (Å²) in [4.78, 5) is 25.1. The first kappa shape index (κ1) is 23.6. The van der Waals surface area contributed by atoms with Gasteiger partial charge in [-0.1, -0.05) is 6.07 Å². The van der Waals surface area contributed by atoms with Crippen LogP contribution in [0, 0.1) is 11.8 Å². The lowest BCUT2D eigenvalue weighted by molar-refractivity contribution is -0.192. The number of carboxylic acids is 1. The second-order valence-corrected chi connectivity index (χ2v) is 7.86. The molecule has 29 heavy (non-hydrogen) atoms. The average Bonchev–Trinajstić information content (AvgIpc) is 3.32. The summed E-state index contributed by atoms with van der Waals surface area (Å²) in [7, 11) is 1.65. The highest BCUT2D eigenvalue weighted by molar-refractivity contribution is 7.09. The second kappa shape index (κ2) is 10.9. The largest absolute Gasteiger partial charge is 0.490 e. The summed E-state index contributed by atoms with van der Waals surface area (Å²) < 4.78 is 42.6. The highest BCUT2D eigenvalue weighted by Crippen LogP contribution is 2.34. The number of hydrogen-bond acceptors (Lipinski definition) is 6. The topological polar surface area (TPSA) is 88.1 Å². The summed E-state index contributed by atoms with van der Waals surface area (Å²) in [6.45, 7) is 4.58. The molecule has 2 aliphatic rings. The number of hydrogen-bond donors (Lipinski definition) is 2. The summed E-state index contributed by atoms with van der Waals surface area (Å²) in [5, 5.41) is 12.2. The number of likely N-dealkylation sites (tertiary alicyclic amines) is 1. The van der Waals surface area contributed by atoms with Crippen molar-refractivity contribution in [2.45, 2.75) is 25.2 Å². The SMILES string of the molecule is COCCNC(=O)[C@@H]1CN(Cc2cccs2)C[C@H]2OCC[C@H]21.O=C(O)C(F)(F)F. The van der Waals surface area contributed by atoms with Gasteiger partial charge in [-0.05, 0) is 17.9 Å². The van der Waals surface area contributed by atoms with Gasteiger partial charge in [0.25, 0.3) is 0 Å². The lowest BCUT2D eigenvalue weighted by atomic mass is 9.82. The number of carboxylic acid groups (broad SMARTS) is 1. The van der Waals surface area contributed by atoms with E-state index in [0.717, 1.165) is 32.7 Å². The lowest BCUT2D eigenvalue weighted by Crippen LogP contribution is -2.52. The maximum atomic E-state index is 12.5. The van der Waals surface area contributed by atoms with E-state index in [0.29, 0.717) is 19.1 Å². The maximum absolute atomic E-state index is 12.5. The van der Waals surface area contributed by atoms with E-state index < -0.39 is 12.1 Å². The number of piperidine rings is 1. The van der Waals surface area contributed by atoms with Crippen LogP contribution in [0.3, 0.4) is 0 Å². The van der Waals surface area contributed by atoms with Gasteiger partial charge in [-0.25, -0.2) is 4.79 Å². The van der Waals surface area contributed by atoms with Crippen LogP contribution in [0.1, 0.15) is 11.3 Å². The zero-order valence-corrected chi connectivity index (χ0v) is 16.8. The first-order valence-corrected chi connectivity index (χ1v) is 10.0. The molecule has 0 aliphatic carbocycles. The lowest BCUT2D eigenvalue weighted by Gasteiger charge is -2.39. The van der Waals surface area contributed by atoms with Gasteiger partial charge in [0, 0.05) is 50.7 Å². The summed E-state index contributed by atoms with van der Waals surface area (Å²) in [5.74, 6) is -2.22. The molecule has 0 saturated carbocycles. The second-order valence-electron chi connectivity index (χ2n) is 6.83. The maximum Gasteiger partial charge on any atom is 0.490 e. The van der Waals surface area contributed by atoms with Crippen LogP contribution in [0.2, 0.25) is 0 Å². The number of rotatable bonds is 6. The van der Waals surface area contributed by atoms with Gasteiger partial charge in [0.15, 0.2) is 0 Å². The molecule has 0 aromatic carbocycles. The Bertz CT molecular complexity index is 656. The van der Waals surface area contributed by atoms with Crippen LogP contribution in [-0.2, 0) is 25.6 Å². The molecule has 0 radical (unpaired) electrons. The van der Waals surface area contributed by atoms with Crippen molar-refractivity contribution in [3.05, 3.63) is 22.4 Å². The molecular formula is C18H25F3N2O5S. The van der Waals surface area contributed by atoms with Crippen LogP contribution >= 0.6 is 11.3 Å². The standard InChI is InChI=1S/C16H24N2O3S.C2HF3O2/c1-20-7-5-17-16(19)14-10-18(9-12-3-2-8-22-12)11-15-13(14)4-6-21-15;3-2(4,5)1(6)7/h2-3,8,13-15H,4-7,9-11H2,1H3,(H,17,19);(H,6,7)/t13-,14+,15+;/m0./s1. The van der Waals surface area contributed by atoms with E-state index in [1.54, 1.807) is 18.4 Å². The molecule has 2 fully saturated rings. The molecule has 1 aromatic heterocycles. The number of methoxy groups -OCH3 is 1. The van der Waals surface area contributed by atoms with Crippen molar-refractivity contribution in [1.82, 2.24) is 10.2 Å². The molecule has 0 unspecified atom stereocenters. The number of thiophene rings is 1. The highest BCUT2D eigenvalue weighted by Gasteiger charge is 2.43. The van der Waals surface area contributed by atoms with Crippen LogP contribution in [0.4, 0.5) is 13.2 Å². The Labute approximate surface area is 170 Å². The fraction of sp³-hybridized carbons (Fsp3) is 0.667. The van der Waals surface area contributed by atoms with Crippen molar-refractivity contribution in [3.8, 4) is 0 Å². The zero-order valence-electron chi connectivity index (χ0n) is 16.0. The zero-order chi connectivity index (χ0) is 21.4. The molecule has 1 aromatic rings. The Morgan fingerprint density at radius 1 is 1.41 bits per heavy atom. The van der Waals surface area contributed by atoms with Crippen LogP contribution in [0.25, 0.3) is 0 Å². The van der Waals surface area contributed by atoms with E-state index in [1.165, 1.54) is 4.88 Å². The highest BCUT2D eigenvalue weighted by atomic mass is 32.1. The third kappa shape index (κ3) is 7.25. The van der Waals surface area contributed by atoms with Gasteiger partial charge in [-0.3, -0.25) is 9.69 Å². The van der Waals surface area contributed by atoms with Crippen molar-refractivity contribution in [1.29, 1.82) is 0 Å². The minimum absolute atomic E-state index is 0.0260. The number of aliphatic carboxylic acids is 1. The number of fused-ring (bicyclic) bond motifs is 1. The molecule has 3 atom stereocenters. The monoisotopic (exact) mass is 438 g/mol. The van der Waals surface area contributed by atoms with Gasteiger partial charge in [0.1, 0.15) is 0 Å². The van der Waals surface area contributed by atoms with Crippen LogP contribution in [0.15, 0.2) is 17.5 Å². The van der Waals surface area contributed by atoms with Crippen molar-refractivity contribution in [3.63, 3.8) is 0 Å². The minimum atomic E-state index is -5.08. The quantitative estimate of drug-likeness (QED) is 0.661. The van der Waals surface area contributed by atoms with Gasteiger partial charge in [0.05, 0.1) is 18.6 Å². The smallest absolute Gasteiger partial charge is 0.475 e. The van der Waals surface area contributed by atoms with Gasteiger partial charge in [-0.15, -0.1) is 11.3 Å². The van der Waals surface area contributed by atoms with Crippen molar-refractivity contribution in [2.75, 3.05) is 40.0 Å². The number of carbonyl (C=O) groups excluding carboxylic acids is 1. The molecule has 2 N–H and O–H groups in total. The predicted octanol–water partition coefficient (Wildman–Crippen LogP) is 1.98.